The van der Waals surface area contributed by atoms with Crippen molar-refractivity contribution >= 4 is 11.8 Å². The molecular formula is C13H19NO2S. The fraction of sp³-hybridized carbons (Fsp3) is 0.538. The minimum absolute atomic E-state index is 0.654. The molecule has 0 bridgehead atoms. The van der Waals surface area contributed by atoms with Crippen molar-refractivity contribution in [2.24, 2.45) is 0 Å². The molecule has 0 spiro atoms. The number of hydrogen-bond acceptors (Lipinski definition) is 4. The highest BCUT2D eigenvalue weighted by Crippen LogP contribution is 2.34. The first-order chi connectivity index (χ1) is 8.40. The van der Waals surface area contributed by atoms with E-state index in [0.29, 0.717) is 13.2 Å². The van der Waals surface area contributed by atoms with Gasteiger partial charge in [0, 0.05) is 4.90 Å². The maximum absolute atomic E-state index is 5.56. The number of ether oxygens (including phenoxy) is 2. The molecule has 0 radical (unpaired) electrons. The van der Waals surface area contributed by atoms with Gasteiger partial charge in [-0.3, -0.25) is 0 Å². The zero-order chi connectivity index (χ0) is 11.9. The molecule has 2 rings (SSSR count). The summed E-state index contributed by atoms with van der Waals surface area (Å²) in [7, 11) is 0. The molecule has 4 heteroatoms. The molecule has 0 saturated heterocycles. The summed E-state index contributed by atoms with van der Waals surface area (Å²) in [6, 6.07) is 6.18. The van der Waals surface area contributed by atoms with Crippen LogP contribution in [-0.4, -0.2) is 32.1 Å². The maximum Gasteiger partial charge on any atom is 0.162 e. The van der Waals surface area contributed by atoms with Gasteiger partial charge in [0.25, 0.3) is 0 Å². The van der Waals surface area contributed by atoms with Gasteiger partial charge in [0.2, 0.25) is 0 Å². The van der Waals surface area contributed by atoms with Crippen molar-refractivity contribution < 1.29 is 9.47 Å². The second-order valence-electron chi connectivity index (χ2n) is 3.86. The Balaban J connectivity index is 1.81. The summed E-state index contributed by atoms with van der Waals surface area (Å²) < 4.78 is 11.1. The van der Waals surface area contributed by atoms with Gasteiger partial charge in [-0.15, -0.1) is 11.8 Å². The molecule has 0 amide bonds. The lowest BCUT2D eigenvalue weighted by Gasteiger charge is -2.18. The van der Waals surface area contributed by atoms with Crippen molar-refractivity contribution in [2.45, 2.75) is 18.2 Å². The van der Waals surface area contributed by atoms with Gasteiger partial charge in [-0.2, -0.15) is 0 Å². The van der Waals surface area contributed by atoms with E-state index in [9.17, 15) is 0 Å². The minimum Gasteiger partial charge on any atom is -0.486 e. The zero-order valence-corrected chi connectivity index (χ0v) is 11.0. The number of fused-ring (bicyclic) bond motifs is 1. The van der Waals surface area contributed by atoms with E-state index in [0.717, 1.165) is 30.3 Å². The van der Waals surface area contributed by atoms with Crippen LogP contribution in [0.15, 0.2) is 23.1 Å². The fourth-order valence-electron chi connectivity index (χ4n) is 1.68. The third kappa shape index (κ3) is 3.82. The molecule has 0 fully saturated rings. The van der Waals surface area contributed by atoms with Gasteiger partial charge in [-0.25, -0.2) is 0 Å². The van der Waals surface area contributed by atoms with Gasteiger partial charge in [0.1, 0.15) is 13.2 Å². The Morgan fingerprint density at radius 3 is 2.88 bits per heavy atom. The molecule has 1 N–H and O–H groups in total. The first kappa shape index (κ1) is 12.6. The van der Waals surface area contributed by atoms with Crippen molar-refractivity contribution in [1.82, 2.24) is 5.32 Å². The Kier molecular flexibility index (Phi) is 5.01. The van der Waals surface area contributed by atoms with Crippen LogP contribution in [0.2, 0.25) is 0 Å². The summed E-state index contributed by atoms with van der Waals surface area (Å²) in [6.45, 7) is 5.58. The van der Waals surface area contributed by atoms with Crippen LogP contribution in [-0.2, 0) is 0 Å². The average molecular weight is 253 g/mol. The lowest BCUT2D eigenvalue weighted by molar-refractivity contribution is 0.171. The van der Waals surface area contributed by atoms with E-state index in [-0.39, 0.29) is 0 Å². The Morgan fingerprint density at radius 1 is 1.24 bits per heavy atom. The molecule has 3 nitrogen and oxygen atoms in total. The van der Waals surface area contributed by atoms with Crippen LogP contribution in [0.3, 0.4) is 0 Å². The van der Waals surface area contributed by atoms with E-state index in [2.05, 4.69) is 24.4 Å². The molecule has 94 valence electrons. The third-order valence-electron chi connectivity index (χ3n) is 2.53. The van der Waals surface area contributed by atoms with Gasteiger partial charge in [0.05, 0.1) is 0 Å². The number of hydrogen-bond donors (Lipinski definition) is 1. The molecule has 0 aliphatic carbocycles. The third-order valence-corrected chi connectivity index (χ3v) is 3.61. The molecule has 0 atom stereocenters. The second-order valence-corrected chi connectivity index (χ2v) is 5.03. The standard InChI is InChI=1S/C13H19NO2S/c1-2-14-6-3-9-17-11-4-5-12-13(10-11)16-8-7-15-12/h4-5,10,14H,2-3,6-9H2,1H3. The number of benzene rings is 1. The van der Waals surface area contributed by atoms with E-state index in [1.807, 2.05) is 17.8 Å². The predicted molar refractivity (Wildman–Crippen MR) is 71.3 cm³/mol. The molecule has 1 heterocycles. The van der Waals surface area contributed by atoms with E-state index < -0.39 is 0 Å². The van der Waals surface area contributed by atoms with E-state index in [4.69, 9.17) is 9.47 Å². The molecule has 1 aromatic carbocycles. The first-order valence-corrected chi connectivity index (χ1v) is 7.12. The monoisotopic (exact) mass is 253 g/mol. The zero-order valence-electron chi connectivity index (χ0n) is 10.2. The normalized spacial score (nSPS) is 13.7. The molecule has 0 aromatic heterocycles. The van der Waals surface area contributed by atoms with Gasteiger partial charge in [0.15, 0.2) is 11.5 Å². The van der Waals surface area contributed by atoms with Crippen molar-refractivity contribution in [3.8, 4) is 11.5 Å². The average Bonchev–Trinajstić information content (AvgIpc) is 2.38. The Hall–Kier alpha value is -0.870. The lowest BCUT2D eigenvalue weighted by Crippen LogP contribution is -2.15. The summed E-state index contributed by atoms with van der Waals surface area (Å²) >= 11 is 1.87. The van der Waals surface area contributed by atoms with Crippen LogP contribution >= 0.6 is 11.8 Å². The highest BCUT2D eigenvalue weighted by Gasteiger charge is 2.11. The Bertz CT molecular complexity index is 357. The maximum atomic E-state index is 5.56. The van der Waals surface area contributed by atoms with Crippen molar-refractivity contribution in [3.63, 3.8) is 0 Å². The molecule has 17 heavy (non-hydrogen) atoms. The predicted octanol–water partition coefficient (Wildman–Crippen LogP) is 2.55. The van der Waals surface area contributed by atoms with Crippen molar-refractivity contribution in [1.29, 1.82) is 0 Å². The molecular weight excluding hydrogens is 234 g/mol. The van der Waals surface area contributed by atoms with Crippen LogP contribution in [0.1, 0.15) is 13.3 Å². The SMILES string of the molecule is CCNCCCSc1ccc2c(c1)OCCO2. The summed E-state index contributed by atoms with van der Waals surface area (Å²) in [6.07, 6.45) is 1.19. The van der Waals surface area contributed by atoms with Crippen LogP contribution in [0.4, 0.5) is 0 Å². The molecule has 1 aliphatic rings. The van der Waals surface area contributed by atoms with E-state index in [1.165, 1.54) is 11.3 Å². The summed E-state index contributed by atoms with van der Waals surface area (Å²) in [5, 5.41) is 3.33. The van der Waals surface area contributed by atoms with Gasteiger partial charge in [-0.1, -0.05) is 6.92 Å². The fourth-order valence-corrected chi connectivity index (χ4v) is 2.56. The summed E-state index contributed by atoms with van der Waals surface area (Å²) in [4.78, 5) is 1.26. The minimum atomic E-state index is 0.654. The van der Waals surface area contributed by atoms with E-state index in [1.54, 1.807) is 0 Å². The van der Waals surface area contributed by atoms with Crippen molar-refractivity contribution in [3.05, 3.63) is 18.2 Å². The van der Waals surface area contributed by atoms with Crippen molar-refractivity contribution in [2.75, 3.05) is 32.1 Å². The Labute approximate surface area is 107 Å². The number of thioether (sulfide) groups is 1. The second kappa shape index (κ2) is 6.77. The van der Waals surface area contributed by atoms with Gasteiger partial charge in [-0.05, 0) is 43.5 Å². The molecule has 0 saturated carbocycles. The molecule has 0 unspecified atom stereocenters. The highest BCUT2D eigenvalue weighted by atomic mass is 32.2. The van der Waals surface area contributed by atoms with E-state index >= 15 is 0 Å². The van der Waals surface area contributed by atoms with Crippen LogP contribution in [0, 0.1) is 0 Å². The number of nitrogens with one attached hydrogen (secondary N) is 1. The van der Waals surface area contributed by atoms with Crippen LogP contribution in [0.25, 0.3) is 0 Å². The summed E-state index contributed by atoms with van der Waals surface area (Å²) in [5.74, 6) is 2.88. The number of rotatable bonds is 6. The van der Waals surface area contributed by atoms with Crippen LogP contribution < -0.4 is 14.8 Å². The Morgan fingerprint density at radius 2 is 2.06 bits per heavy atom. The largest absolute Gasteiger partial charge is 0.486 e. The highest BCUT2D eigenvalue weighted by molar-refractivity contribution is 7.99. The summed E-state index contributed by atoms with van der Waals surface area (Å²) in [5.41, 5.74) is 0. The van der Waals surface area contributed by atoms with Crippen LogP contribution in [0.5, 0.6) is 11.5 Å². The molecule has 1 aromatic rings. The first-order valence-electron chi connectivity index (χ1n) is 6.13. The molecule has 1 aliphatic heterocycles. The van der Waals surface area contributed by atoms with Gasteiger partial charge >= 0.3 is 0 Å². The quantitative estimate of drug-likeness (QED) is 0.623. The topological polar surface area (TPSA) is 30.5 Å². The lowest BCUT2D eigenvalue weighted by atomic mass is 10.3. The van der Waals surface area contributed by atoms with Gasteiger partial charge < -0.3 is 14.8 Å². The smallest absolute Gasteiger partial charge is 0.162 e.